The van der Waals surface area contributed by atoms with E-state index in [9.17, 15) is 4.79 Å². The van der Waals surface area contributed by atoms with E-state index in [2.05, 4.69) is 10.3 Å². The Morgan fingerprint density at radius 2 is 2.30 bits per heavy atom. The largest absolute Gasteiger partial charge is 0.439 e. The van der Waals surface area contributed by atoms with E-state index in [0.717, 1.165) is 11.1 Å². The quantitative estimate of drug-likeness (QED) is 0.802. The lowest BCUT2D eigenvalue weighted by atomic mass is 10.1. The Bertz CT molecular complexity index is 608. The topological polar surface area (TPSA) is 84.4 Å². The van der Waals surface area contributed by atoms with E-state index in [1.54, 1.807) is 19.2 Å². The molecule has 0 bridgehead atoms. The van der Waals surface area contributed by atoms with Gasteiger partial charge in [0.15, 0.2) is 5.58 Å². The van der Waals surface area contributed by atoms with Crippen molar-refractivity contribution in [3.63, 3.8) is 0 Å². The van der Waals surface area contributed by atoms with Crippen LogP contribution in [-0.2, 0) is 11.3 Å². The van der Waals surface area contributed by atoms with Crippen LogP contribution >= 0.6 is 0 Å². The number of fused-ring (bicyclic) bond motifs is 1. The third kappa shape index (κ3) is 3.27. The molecule has 0 saturated heterocycles. The molecule has 108 valence electrons. The average molecular weight is 276 g/mol. The summed E-state index contributed by atoms with van der Waals surface area (Å²) < 4.78 is 5.65. The Morgan fingerprint density at radius 3 is 3.00 bits per heavy atom. The maximum atomic E-state index is 11.5. The molecule has 3 N–H and O–H groups in total. The zero-order chi connectivity index (χ0) is 14.7. The molecule has 0 saturated carbocycles. The van der Waals surface area contributed by atoms with Gasteiger partial charge in [-0.3, -0.25) is 9.69 Å². The van der Waals surface area contributed by atoms with Crippen molar-refractivity contribution in [3.8, 4) is 0 Å². The summed E-state index contributed by atoms with van der Waals surface area (Å²) in [4.78, 5) is 17.9. The van der Waals surface area contributed by atoms with Crippen molar-refractivity contribution in [2.75, 3.05) is 26.4 Å². The highest BCUT2D eigenvalue weighted by Gasteiger charge is 2.15. The molecule has 20 heavy (non-hydrogen) atoms. The van der Waals surface area contributed by atoms with E-state index in [1.165, 1.54) is 0 Å². The number of hydrogen-bond donors (Lipinski definition) is 2. The van der Waals surface area contributed by atoms with Crippen LogP contribution in [0.3, 0.4) is 0 Å². The molecule has 0 spiro atoms. The van der Waals surface area contributed by atoms with E-state index >= 15 is 0 Å². The summed E-state index contributed by atoms with van der Waals surface area (Å²) in [6.45, 7) is 3.08. The number of rotatable bonds is 5. The number of nitrogens with zero attached hydrogens (tertiary/aromatic N) is 2. The Kier molecular flexibility index (Phi) is 4.24. The minimum absolute atomic E-state index is 0.0298. The number of nitrogens with two attached hydrogens (primary N) is 1. The first-order valence-electron chi connectivity index (χ1n) is 6.54. The Balaban J connectivity index is 2.02. The lowest BCUT2D eigenvalue weighted by Gasteiger charge is -2.18. The van der Waals surface area contributed by atoms with Crippen LogP contribution in [-0.4, -0.2) is 36.4 Å². The van der Waals surface area contributed by atoms with Gasteiger partial charge in [0.2, 0.25) is 11.8 Å². The fourth-order valence-electron chi connectivity index (χ4n) is 2.15. The molecule has 1 atom stereocenters. The number of oxazole rings is 1. The summed E-state index contributed by atoms with van der Waals surface area (Å²) in [6, 6.07) is 5.39. The predicted octanol–water partition coefficient (Wildman–Crippen LogP) is 1.22. The van der Waals surface area contributed by atoms with Gasteiger partial charge in [-0.15, -0.1) is 0 Å². The second-order valence-electron chi connectivity index (χ2n) is 5.05. The van der Waals surface area contributed by atoms with Gasteiger partial charge in [-0.25, -0.2) is 4.98 Å². The van der Waals surface area contributed by atoms with Gasteiger partial charge in [0.05, 0.1) is 6.54 Å². The second kappa shape index (κ2) is 5.92. The summed E-state index contributed by atoms with van der Waals surface area (Å²) >= 11 is 0. The molecular formula is C14H20N4O2. The van der Waals surface area contributed by atoms with Gasteiger partial charge < -0.3 is 15.5 Å². The van der Waals surface area contributed by atoms with Crippen LogP contribution in [0.4, 0.5) is 5.69 Å². The molecule has 6 nitrogen and oxygen atoms in total. The first-order valence-corrected chi connectivity index (χ1v) is 6.54. The number of carbonyl (C=O) groups excluding carboxylic acids is 1. The smallest absolute Gasteiger partial charge is 0.223 e. The van der Waals surface area contributed by atoms with Gasteiger partial charge in [-0.2, -0.15) is 0 Å². The summed E-state index contributed by atoms with van der Waals surface area (Å²) in [5.41, 5.74) is 7.86. The molecule has 0 aliphatic heterocycles. The minimum atomic E-state index is -0.0787. The van der Waals surface area contributed by atoms with Crippen LogP contribution in [0, 0.1) is 5.92 Å². The third-order valence-electron chi connectivity index (χ3n) is 3.14. The molecule has 2 rings (SSSR count). The summed E-state index contributed by atoms with van der Waals surface area (Å²) in [5.74, 6) is 0.574. The molecule has 0 radical (unpaired) electrons. The maximum absolute atomic E-state index is 11.5. The van der Waals surface area contributed by atoms with Gasteiger partial charge in [-0.1, -0.05) is 6.92 Å². The van der Waals surface area contributed by atoms with Crippen molar-refractivity contribution < 1.29 is 9.21 Å². The van der Waals surface area contributed by atoms with Crippen molar-refractivity contribution in [2.24, 2.45) is 5.92 Å². The summed E-state index contributed by atoms with van der Waals surface area (Å²) in [7, 11) is 3.58. The molecule has 6 heteroatoms. The number of anilines is 1. The van der Waals surface area contributed by atoms with Crippen LogP contribution in [0.1, 0.15) is 12.8 Å². The number of carbonyl (C=O) groups is 1. The highest BCUT2D eigenvalue weighted by molar-refractivity contribution is 5.78. The third-order valence-corrected chi connectivity index (χ3v) is 3.14. The normalized spacial score (nSPS) is 12.8. The van der Waals surface area contributed by atoms with Gasteiger partial charge in [0.25, 0.3) is 0 Å². The molecule has 0 aliphatic carbocycles. The van der Waals surface area contributed by atoms with Gasteiger partial charge in [0.1, 0.15) is 5.52 Å². The van der Waals surface area contributed by atoms with Crippen molar-refractivity contribution >= 4 is 22.7 Å². The summed E-state index contributed by atoms with van der Waals surface area (Å²) in [5, 5.41) is 2.64. The first-order chi connectivity index (χ1) is 9.49. The number of nitrogens with one attached hydrogen (secondary N) is 1. The Hall–Kier alpha value is -2.08. The fraction of sp³-hybridized carbons (Fsp3) is 0.429. The van der Waals surface area contributed by atoms with Crippen molar-refractivity contribution in [3.05, 3.63) is 24.1 Å². The maximum Gasteiger partial charge on any atom is 0.223 e. The average Bonchev–Trinajstić information content (AvgIpc) is 2.78. The van der Waals surface area contributed by atoms with Crippen molar-refractivity contribution in [2.45, 2.75) is 13.5 Å². The second-order valence-corrected chi connectivity index (χ2v) is 5.05. The van der Waals surface area contributed by atoms with Crippen LogP contribution in [0.25, 0.3) is 11.1 Å². The highest BCUT2D eigenvalue weighted by Crippen LogP contribution is 2.19. The lowest BCUT2D eigenvalue weighted by molar-refractivity contribution is -0.124. The fourth-order valence-corrected chi connectivity index (χ4v) is 2.15. The van der Waals surface area contributed by atoms with Gasteiger partial charge >= 0.3 is 0 Å². The van der Waals surface area contributed by atoms with Crippen molar-refractivity contribution in [1.82, 2.24) is 15.2 Å². The minimum Gasteiger partial charge on any atom is -0.439 e. The summed E-state index contributed by atoms with van der Waals surface area (Å²) in [6.07, 6.45) is 0. The first kappa shape index (κ1) is 14.3. The number of hydrogen-bond acceptors (Lipinski definition) is 5. The standard InChI is InChI=1S/C14H20N4O2/c1-9(14(19)16-2)7-18(3)8-13-17-11-6-10(15)4-5-12(11)20-13/h4-6,9H,7-8,15H2,1-3H3,(H,16,19). The van der Waals surface area contributed by atoms with E-state index in [-0.39, 0.29) is 11.8 Å². The molecule has 2 aromatic rings. The molecule has 1 aromatic carbocycles. The molecular weight excluding hydrogens is 256 g/mol. The highest BCUT2D eigenvalue weighted by atomic mass is 16.3. The van der Waals surface area contributed by atoms with E-state index in [0.29, 0.717) is 24.7 Å². The number of nitrogen functional groups attached to an aromatic ring is 1. The SMILES string of the molecule is CNC(=O)C(C)CN(C)Cc1nc2cc(N)ccc2o1. The predicted molar refractivity (Wildman–Crippen MR) is 78.0 cm³/mol. The Morgan fingerprint density at radius 1 is 1.55 bits per heavy atom. The monoisotopic (exact) mass is 276 g/mol. The number of amides is 1. The van der Waals surface area contributed by atoms with Crippen LogP contribution in [0.5, 0.6) is 0 Å². The molecule has 1 unspecified atom stereocenters. The van der Waals surface area contributed by atoms with Crippen LogP contribution < -0.4 is 11.1 Å². The van der Waals surface area contributed by atoms with Gasteiger partial charge in [0, 0.05) is 25.2 Å². The van der Waals surface area contributed by atoms with Crippen LogP contribution in [0.15, 0.2) is 22.6 Å². The molecule has 1 aromatic heterocycles. The molecule has 1 amide bonds. The van der Waals surface area contributed by atoms with E-state index in [1.807, 2.05) is 24.9 Å². The molecule has 0 fully saturated rings. The van der Waals surface area contributed by atoms with Crippen LogP contribution in [0.2, 0.25) is 0 Å². The number of benzene rings is 1. The van der Waals surface area contributed by atoms with Gasteiger partial charge in [-0.05, 0) is 25.2 Å². The Labute approximate surface area is 117 Å². The molecule has 1 heterocycles. The van der Waals surface area contributed by atoms with E-state index in [4.69, 9.17) is 10.2 Å². The van der Waals surface area contributed by atoms with E-state index < -0.39 is 0 Å². The zero-order valence-electron chi connectivity index (χ0n) is 12.0. The number of aromatic nitrogens is 1. The molecule has 0 aliphatic rings. The lowest BCUT2D eigenvalue weighted by Crippen LogP contribution is -2.34. The zero-order valence-corrected chi connectivity index (χ0v) is 12.0. The van der Waals surface area contributed by atoms with Crippen molar-refractivity contribution in [1.29, 1.82) is 0 Å².